The van der Waals surface area contributed by atoms with Gasteiger partial charge in [0.1, 0.15) is 5.75 Å². The minimum atomic E-state index is -0.515. The van der Waals surface area contributed by atoms with E-state index in [1.807, 2.05) is 42.5 Å². The van der Waals surface area contributed by atoms with Crippen molar-refractivity contribution in [1.82, 2.24) is 4.90 Å². The predicted molar refractivity (Wildman–Crippen MR) is 98.1 cm³/mol. The summed E-state index contributed by atoms with van der Waals surface area (Å²) in [6, 6.07) is 17.9. The Morgan fingerprint density at radius 3 is 2.17 bits per heavy atom. The van der Waals surface area contributed by atoms with Crippen LogP contribution in [0.15, 0.2) is 54.6 Å². The van der Waals surface area contributed by atoms with Crippen molar-refractivity contribution in [3.8, 4) is 5.75 Å². The summed E-state index contributed by atoms with van der Waals surface area (Å²) in [6.07, 6.45) is -0.515. The Bertz CT molecular complexity index is 656. The Morgan fingerprint density at radius 1 is 1.04 bits per heavy atom. The number of amides is 1. The van der Waals surface area contributed by atoms with Gasteiger partial charge in [0, 0.05) is 13.6 Å². The molecule has 1 atom stereocenters. The standard InChI is InChI=1S/C21H27NO2/c1-16(20(23)22(5)15-17-9-7-6-8-10-17)24-19-13-11-18(12-14-19)21(2,3)4/h6-14,16H,15H2,1-5H3/t16-/m0/s1. The second-order valence-electron chi connectivity index (χ2n) is 7.21. The summed E-state index contributed by atoms with van der Waals surface area (Å²) in [6.45, 7) is 8.90. The lowest BCUT2D eigenvalue weighted by Crippen LogP contribution is -2.37. The molecule has 0 fully saturated rings. The fraction of sp³-hybridized carbons (Fsp3) is 0.381. The van der Waals surface area contributed by atoms with Crippen LogP contribution in [0, 0.1) is 0 Å². The topological polar surface area (TPSA) is 29.5 Å². The van der Waals surface area contributed by atoms with Gasteiger partial charge in [-0.25, -0.2) is 0 Å². The van der Waals surface area contributed by atoms with E-state index in [2.05, 4.69) is 32.9 Å². The monoisotopic (exact) mass is 325 g/mol. The third-order valence-electron chi connectivity index (χ3n) is 4.02. The highest BCUT2D eigenvalue weighted by Gasteiger charge is 2.20. The average Bonchev–Trinajstić information content (AvgIpc) is 2.54. The SMILES string of the molecule is C[C@H](Oc1ccc(C(C)(C)C)cc1)C(=O)N(C)Cc1ccccc1. The third-order valence-corrected chi connectivity index (χ3v) is 4.02. The molecule has 0 aliphatic heterocycles. The summed E-state index contributed by atoms with van der Waals surface area (Å²) in [5.41, 5.74) is 2.46. The molecule has 128 valence electrons. The zero-order chi connectivity index (χ0) is 17.7. The average molecular weight is 325 g/mol. The van der Waals surface area contributed by atoms with E-state index in [-0.39, 0.29) is 11.3 Å². The molecule has 1 amide bonds. The molecule has 3 heteroatoms. The highest BCUT2D eigenvalue weighted by Crippen LogP contribution is 2.24. The van der Waals surface area contributed by atoms with Crippen LogP contribution in [-0.4, -0.2) is 24.0 Å². The van der Waals surface area contributed by atoms with Gasteiger partial charge in [0.25, 0.3) is 5.91 Å². The molecular weight excluding hydrogens is 298 g/mol. The van der Waals surface area contributed by atoms with Gasteiger partial charge in [0.15, 0.2) is 6.10 Å². The van der Waals surface area contributed by atoms with Crippen molar-refractivity contribution >= 4 is 5.91 Å². The molecule has 0 heterocycles. The first-order valence-corrected chi connectivity index (χ1v) is 8.33. The molecule has 0 aliphatic carbocycles. The molecule has 3 nitrogen and oxygen atoms in total. The number of hydrogen-bond donors (Lipinski definition) is 0. The second kappa shape index (κ2) is 7.52. The van der Waals surface area contributed by atoms with Crippen molar-refractivity contribution in [2.45, 2.75) is 45.8 Å². The van der Waals surface area contributed by atoms with Crippen LogP contribution >= 0.6 is 0 Å². The van der Waals surface area contributed by atoms with Crippen molar-refractivity contribution in [2.75, 3.05) is 7.05 Å². The molecular formula is C21H27NO2. The van der Waals surface area contributed by atoms with Gasteiger partial charge in [0.2, 0.25) is 0 Å². The lowest BCUT2D eigenvalue weighted by molar-refractivity contribution is -0.137. The Balaban J connectivity index is 1.96. The zero-order valence-corrected chi connectivity index (χ0v) is 15.2. The largest absolute Gasteiger partial charge is 0.481 e. The Kier molecular flexibility index (Phi) is 5.66. The first-order valence-electron chi connectivity index (χ1n) is 8.33. The summed E-state index contributed by atoms with van der Waals surface area (Å²) in [7, 11) is 1.80. The molecule has 2 rings (SSSR count). The first-order chi connectivity index (χ1) is 11.3. The fourth-order valence-corrected chi connectivity index (χ4v) is 2.53. The molecule has 24 heavy (non-hydrogen) atoms. The number of likely N-dealkylation sites (N-methyl/N-ethyl adjacent to an activating group) is 1. The van der Waals surface area contributed by atoms with E-state index in [0.29, 0.717) is 6.54 Å². The van der Waals surface area contributed by atoms with E-state index in [1.54, 1.807) is 18.9 Å². The van der Waals surface area contributed by atoms with E-state index in [9.17, 15) is 4.79 Å². The van der Waals surface area contributed by atoms with Crippen molar-refractivity contribution < 1.29 is 9.53 Å². The maximum absolute atomic E-state index is 12.5. The molecule has 0 saturated heterocycles. The Morgan fingerprint density at radius 2 is 1.62 bits per heavy atom. The molecule has 0 saturated carbocycles. The summed E-state index contributed by atoms with van der Waals surface area (Å²) in [4.78, 5) is 14.2. The smallest absolute Gasteiger partial charge is 0.263 e. The highest BCUT2D eigenvalue weighted by atomic mass is 16.5. The second-order valence-corrected chi connectivity index (χ2v) is 7.21. The van der Waals surface area contributed by atoms with E-state index < -0.39 is 6.10 Å². The maximum Gasteiger partial charge on any atom is 0.263 e. The molecule has 0 unspecified atom stereocenters. The van der Waals surface area contributed by atoms with E-state index in [1.165, 1.54) is 5.56 Å². The minimum Gasteiger partial charge on any atom is -0.481 e. The number of rotatable bonds is 5. The molecule has 2 aromatic carbocycles. The first kappa shape index (κ1) is 18.1. The van der Waals surface area contributed by atoms with Crippen LogP contribution in [0.25, 0.3) is 0 Å². The normalized spacial score (nSPS) is 12.5. The van der Waals surface area contributed by atoms with Gasteiger partial charge in [0.05, 0.1) is 0 Å². The summed E-state index contributed by atoms with van der Waals surface area (Å²) >= 11 is 0. The summed E-state index contributed by atoms with van der Waals surface area (Å²) in [5, 5.41) is 0. The van der Waals surface area contributed by atoms with Gasteiger partial charge < -0.3 is 9.64 Å². The quantitative estimate of drug-likeness (QED) is 0.815. The predicted octanol–water partition coefficient (Wildman–Crippen LogP) is 4.41. The van der Waals surface area contributed by atoms with Crippen molar-refractivity contribution in [3.05, 3.63) is 65.7 Å². The van der Waals surface area contributed by atoms with Gasteiger partial charge in [-0.05, 0) is 35.6 Å². The van der Waals surface area contributed by atoms with Crippen LogP contribution in [0.4, 0.5) is 0 Å². The number of carbonyl (C=O) groups is 1. The van der Waals surface area contributed by atoms with E-state index >= 15 is 0 Å². The number of nitrogens with zero attached hydrogens (tertiary/aromatic N) is 1. The lowest BCUT2D eigenvalue weighted by atomic mass is 9.87. The van der Waals surface area contributed by atoms with Crippen LogP contribution in [-0.2, 0) is 16.8 Å². The fourth-order valence-electron chi connectivity index (χ4n) is 2.53. The van der Waals surface area contributed by atoms with Gasteiger partial charge in [-0.2, -0.15) is 0 Å². The molecule has 0 aliphatic rings. The van der Waals surface area contributed by atoms with Gasteiger partial charge in [-0.1, -0.05) is 63.2 Å². The van der Waals surface area contributed by atoms with Crippen molar-refractivity contribution in [1.29, 1.82) is 0 Å². The highest BCUT2D eigenvalue weighted by molar-refractivity contribution is 5.80. The summed E-state index contributed by atoms with van der Waals surface area (Å²) in [5.74, 6) is 0.690. The van der Waals surface area contributed by atoms with Crippen LogP contribution in [0.2, 0.25) is 0 Å². The molecule has 2 aromatic rings. The number of carbonyl (C=O) groups excluding carboxylic acids is 1. The van der Waals surface area contributed by atoms with Crippen LogP contribution in [0.5, 0.6) is 5.75 Å². The van der Waals surface area contributed by atoms with Crippen molar-refractivity contribution in [2.24, 2.45) is 0 Å². The Labute approximate surface area is 145 Å². The molecule has 0 N–H and O–H groups in total. The van der Waals surface area contributed by atoms with Crippen molar-refractivity contribution in [3.63, 3.8) is 0 Å². The van der Waals surface area contributed by atoms with E-state index in [4.69, 9.17) is 4.74 Å². The molecule has 0 aromatic heterocycles. The van der Waals surface area contributed by atoms with Crippen LogP contribution in [0.3, 0.4) is 0 Å². The number of benzene rings is 2. The van der Waals surface area contributed by atoms with Gasteiger partial charge >= 0.3 is 0 Å². The maximum atomic E-state index is 12.5. The van der Waals surface area contributed by atoms with E-state index in [0.717, 1.165) is 11.3 Å². The number of hydrogen-bond acceptors (Lipinski definition) is 2. The molecule has 0 spiro atoms. The molecule has 0 radical (unpaired) electrons. The minimum absolute atomic E-state index is 0.0289. The van der Waals surface area contributed by atoms with Crippen LogP contribution in [0.1, 0.15) is 38.8 Å². The zero-order valence-electron chi connectivity index (χ0n) is 15.2. The lowest BCUT2D eigenvalue weighted by Gasteiger charge is -2.23. The third kappa shape index (κ3) is 4.85. The Hall–Kier alpha value is -2.29. The number of ether oxygens (including phenoxy) is 1. The molecule has 0 bridgehead atoms. The van der Waals surface area contributed by atoms with Gasteiger partial charge in [-0.15, -0.1) is 0 Å². The van der Waals surface area contributed by atoms with Gasteiger partial charge in [-0.3, -0.25) is 4.79 Å². The van der Waals surface area contributed by atoms with Crippen LogP contribution < -0.4 is 4.74 Å². The summed E-state index contributed by atoms with van der Waals surface area (Å²) < 4.78 is 5.81.